The van der Waals surface area contributed by atoms with E-state index in [1.54, 1.807) is 0 Å². The van der Waals surface area contributed by atoms with Crippen molar-refractivity contribution in [1.29, 1.82) is 0 Å². The Morgan fingerprint density at radius 3 is 1.07 bits per heavy atom. The first-order chi connectivity index (χ1) is 50.6. The summed E-state index contributed by atoms with van der Waals surface area (Å²) in [7, 11) is 0. The molecule has 9 nitrogen and oxygen atoms in total. The van der Waals surface area contributed by atoms with Gasteiger partial charge < -0.3 is 9.13 Å². The maximum Gasteiger partial charge on any atom is 0.164 e. The summed E-state index contributed by atoms with van der Waals surface area (Å²) in [6, 6.07) is 122. The van der Waals surface area contributed by atoms with E-state index in [2.05, 4.69) is 270 Å². The van der Waals surface area contributed by atoms with Gasteiger partial charge in [-0.1, -0.05) is 285 Å². The Balaban J connectivity index is 0.775. The SMILES string of the molecule is c1ccc(-c2cc(-c3ccc(-n4c5ccccc5c5c6ccc7ccc(-c8ccc9c%10c%11ccc%12ccccc%12c%11nc(-c%11ccccc%11)c%10n(-c%10ccc(-c%11nc(-c%12ccccc%12)nc(-c%12ccccc%12)n%11)cc%10)c9c8)cc7c6nc(-c6ccccc6)c54)cc3)nc(-c3ccccc3)n2)cc1. The summed E-state index contributed by atoms with van der Waals surface area (Å²) in [6.45, 7) is 0. The lowest BCUT2D eigenvalue weighted by molar-refractivity contribution is 1.07. The average molecular weight is 1300 g/mol. The molecule has 20 aromatic rings. The van der Waals surface area contributed by atoms with Crippen LogP contribution in [0.5, 0.6) is 0 Å². The van der Waals surface area contributed by atoms with Crippen LogP contribution in [0.1, 0.15) is 0 Å². The summed E-state index contributed by atoms with van der Waals surface area (Å²) in [5, 5.41) is 11.1. The Kier molecular flexibility index (Phi) is 13.7. The second kappa shape index (κ2) is 24.0. The fraction of sp³-hybridized carbons (Fsp3) is 0. The molecule has 102 heavy (non-hydrogen) atoms. The summed E-state index contributed by atoms with van der Waals surface area (Å²) in [4.78, 5) is 37.2. The van der Waals surface area contributed by atoms with Crippen LogP contribution in [0.4, 0.5) is 0 Å². The van der Waals surface area contributed by atoms with Crippen molar-refractivity contribution < 1.29 is 0 Å². The monoisotopic (exact) mass is 1300 g/mol. The number of fused-ring (bicyclic) bond motifs is 14. The van der Waals surface area contributed by atoms with Gasteiger partial charge in [0.15, 0.2) is 23.3 Å². The van der Waals surface area contributed by atoms with E-state index in [9.17, 15) is 0 Å². The standard InChI is InChI=1S/C93H57N9/c1-7-24-60(25-8-1)78-57-79(95-90(94-78)64-30-13-4-14-31-64)61-41-48-70(49-42-61)101-80-38-22-21-37-73(80)82-76-54-46-59-39-40-68(55-77(59)87(76)97-84(88(82)101)62-26-9-2-10-27-62)69-47-52-74-81(56-69)102(89-83(74)75-53-45-58-23-19-20-36-72(58)86(75)96-85(89)63-28-11-3-12-29-63)71-50-43-67(44-51-71)93-99-91(65-32-15-5-16-33-65)98-92(100-93)66-34-17-6-18-35-66/h1-57H. The third kappa shape index (κ3) is 9.81. The molecular weight excluding hydrogens is 1240 g/mol. The number of hydrogen-bond acceptors (Lipinski definition) is 7. The highest BCUT2D eigenvalue weighted by molar-refractivity contribution is 6.29. The zero-order valence-corrected chi connectivity index (χ0v) is 54.9. The zero-order chi connectivity index (χ0) is 67.2. The zero-order valence-electron chi connectivity index (χ0n) is 54.9. The van der Waals surface area contributed by atoms with E-state index in [-0.39, 0.29) is 0 Å². The van der Waals surface area contributed by atoms with Gasteiger partial charge in [-0.3, -0.25) is 0 Å². The molecule has 6 heterocycles. The molecule has 0 radical (unpaired) electrons. The molecule has 0 aliphatic heterocycles. The molecule has 6 aromatic heterocycles. The Hall–Kier alpha value is -13.9. The van der Waals surface area contributed by atoms with Gasteiger partial charge in [-0.15, -0.1) is 0 Å². The van der Waals surface area contributed by atoms with Crippen molar-refractivity contribution in [3.8, 4) is 113 Å². The minimum Gasteiger partial charge on any atom is -0.307 e. The number of pyridine rings is 2. The van der Waals surface area contributed by atoms with E-state index >= 15 is 0 Å². The number of aromatic nitrogens is 9. The first-order valence-corrected chi connectivity index (χ1v) is 34.4. The van der Waals surface area contributed by atoms with Crippen LogP contribution in [0.25, 0.3) is 200 Å². The lowest BCUT2D eigenvalue weighted by Crippen LogP contribution is -2.01. The van der Waals surface area contributed by atoms with Crippen LogP contribution in [0.15, 0.2) is 346 Å². The Bertz CT molecular complexity index is 6570. The molecule has 0 atom stereocenters. The topological polar surface area (TPSA) is 100 Å². The summed E-state index contributed by atoms with van der Waals surface area (Å²) >= 11 is 0. The number of benzene rings is 14. The molecule has 14 aromatic carbocycles. The van der Waals surface area contributed by atoms with Gasteiger partial charge in [-0.25, -0.2) is 34.9 Å². The summed E-state index contributed by atoms with van der Waals surface area (Å²) in [5.41, 5.74) is 21.5. The molecule has 0 amide bonds. The van der Waals surface area contributed by atoms with Crippen molar-refractivity contribution >= 4 is 87.0 Å². The van der Waals surface area contributed by atoms with Crippen LogP contribution in [0, 0.1) is 0 Å². The number of rotatable bonds is 11. The molecule has 9 heteroatoms. The smallest absolute Gasteiger partial charge is 0.164 e. The van der Waals surface area contributed by atoms with Crippen LogP contribution < -0.4 is 0 Å². The maximum atomic E-state index is 5.89. The highest BCUT2D eigenvalue weighted by Crippen LogP contribution is 2.47. The van der Waals surface area contributed by atoms with E-state index in [1.807, 2.05) is 84.9 Å². The minimum atomic E-state index is 0.588. The van der Waals surface area contributed by atoms with Crippen LogP contribution in [-0.2, 0) is 0 Å². The molecule has 0 aliphatic rings. The van der Waals surface area contributed by atoms with E-state index in [4.69, 9.17) is 34.9 Å². The second-order valence-electron chi connectivity index (χ2n) is 25.9. The van der Waals surface area contributed by atoms with E-state index in [1.165, 1.54) is 0 Å². The third-order valence-corrected chi connectivity index (χ3v) is 19.9. The van der Waals surface area contributed by atoms with Gasteiger partial charge in [0.1, 0.15) is 0 Å². The van der Waals surface area contributed by atoms with Crippen molar-refractivity contribution in [2.45, 2.75) is 0 Å². The number of para-hydroxylation sites is 1. The molecule has 474 valence electrons. The highest BCUT2D eigenvalue weighted by atomic mass is 15.0. The lowest BCUT2D eigenvalue weighted by atomic mass is 9.96. The first-order valence-electron chi connectivity index (χ1n) is 34.4. The second-order valence-corrected chi connectivity index (χ2v) is 25.9. The van der Waals surface area contributed by atoms with Crippen molar-refractivity contribution in [3.05, 3.63) is 346 Å². The molecule has 20 rings (SSSR count). The molecule has 0 saturated carbocycles. The van der Waals surface area contributed by atoms with Gasteiger partial charge >= 0.3 is 0 Å². The van der Waals surface area contributed by atoms with Crippen molar-refractivity contribution in [3.63, 3.8) is 0 Å². The lowest BCUT2D eigenvalue weighted by Gasteiger charge is -2.15. The number of hydrogen-bond donors (Lipinski definition) is 0. The van der Waals surface area contributed by atoms with Gasteiger partial charge in [0.05, 0.1) is 55.9 Å². The molecule has 0 bridgehead atoms. The van der Waals surface area contributed by atoms with Crippen molar-refractivity contribution in [1.82, 2.24) is 44.0 Å². The average Bonchev–Trinajstić information content (AvgIpc) is 1.55. The summed E-state index contributed by atoms with van der Waals surface area (Å²) < 4.78 is 4.82. The molecule has 0 saturated heterocycles. The number of nitrogens with zero attached hydrogens (tertiary/aromatic N) is 9. The predicted molar refractivity (Wildman–Crippen MR) is 419 cm³/mol. The third-order valence-electron chi connectivity index (χ3n) is 19.9. The van der Waals surface area contributed by atoms with Gasteiger partial charge in [0.25, 0.3) is 0 Å². The highest BCUT2D eigenvalue weighted by Gasteiger charge is 2.26. The molecule has 0 aliphatic carbocycles. The molecule has 0 N–H and O–H groups in total. The van der Waals surface area contributed by atoms with Gasteiger partial charge in [0.2, 0.25) is 0 Å². The molecule has 0 spiro atoms. The molecule has 0 fully saturated rings. The fourth-order valence-electron chi connectivity index (χ4n) is 15.1. The van der Waals surface area contributed by atoms with Crippen LogP contribution in [0.3, 0.4) is 0 Å². The van der Waals surface area contributed by atoms with Crippen LogP contribution >= 0.6 is 0 Å². The normalized spacial score (nSPS) is 11.7. The van der Waals surface area contributed by atoms with Gasteiger partial charge in [-0.05, 0) is 82.6 Å². The summed E-state index contributed by atoms with van der Waals surface area (Å²) in [6.07, 6.45) is 0. The van der Waals surface area contributed by atoms with Crippen LogP contribution in [0.2, 0.25) is 0 Å². The Morgan fingerprint density at radius 1 is 0.196 bits per heavy atom. The Morgan fingerprint density at radius 2 is 0.539 bits per heavy atom. The molecular formula is C93H57N9. The van der Waals surface area contributed by atoms with E-state index in [0.717, 1.165) is 177 Å². The van der Waals surface area contributed by atoms with Crippen LogP contribution in [-0.4, -0.2) is 44.0 Å². The maximum absolute atomic E-state index is 5.89. The Labute approximate surface area is 586 Å². The predicted octanol–water partition coefficient (Wildman–Crippen LogP) is 23.3. The largest absolute Gasteiger partial charge is 0.307 e. The first kappa shape index (κ1) is 58.3. The van der Waals surface area contributed by atoms with E-state index in [0.29, 0.717) is 23.3 Å². The minimum absolute atomic E-state index is 0.588. The van der Waals surface area contributed by atoms with E-state index < -0.39 is 0 Å². The fourth-order valence-corrected chi connectivity index (χ4v) is 15.1. The quantitative estimate of drug-likeness (QED) is 0.119. The molecule has 0 unspecified atom stereocenters. The van der Waals surface area contributed by atoms with Crippen molar-refractivity contribution in [2.24, 2.45) is 0 Å². The van der Waals surface area contributed by atoms with Crippen molar-refractivity contribution in [2.75, 3.05) is 0 Å². The summed E-state index contributed by atoms with van der Waals surface area (Å²) in [5.74, 6) is 2.49. The van der Waals surface area contributed by atoms with Gasteiger partial charge in [-0.2, -0.15) is 0 Å². The van der Waals surface area contributed by atoms with Gasteiger partial charge in [0, 0.05) is 99.0 Å².